The number of ether oxygens (including phenoxy) is 1. The van der Waals surface area contributed by atoms with Gasteiger partial charge in [0.15, 0.2) is 0 Å². The number of fused-ring (bicyclic) bond motifs is 1. The number of aryl methyl sites for hydroxylation is 1. The van der Waals surface area contributed by atoms with Crippen LogP contribution in [0.3, 0.4) is 0 Å². The van der Waals surface area contributed by atoms with E-state index in [2.05, 4.69) is 21.0 Å². The predicted molar refractivity (Wildman–Crippen MR) is 89.4 cm³/mol. The summed E-state index contributed by atoms with van der Waals surface area (Å²) in [6.45, 7) is 0.256. The lowest BCUT2D eigenvalue weighted by molar-refractivity contribution is -0.274. The zero-order valence-corrected chi connectivity index (χ0v) is 13.3. The van der Waals surface area contributed by atoms with Gasteiger partial charge in [-0.3, -0.25) is 4.79 Å². The molecule has 8 heteroatoms. The fourth-order valence-electron chi connectivity index (χ4n) is 2.42. The fraction of sp³-hybridized carbons (Fsp3) is 0.167. The molecule has 1 aromatic heterocycles. The molecule has 0 N–H and O–H groups in total. The highest BCUT2D eigenvalue weighted by Crippen LogP contribution is 2.27. The smallest absolute Gasteiger partial charge is 0.406 e. The van der Waals surface area contributed by atoms with Crippen LogP contribution in [0.4, 0.5) is 13.2 Å². The van der Waals surface area contributed by atoms with Crippen molar-refractivity contribution in [2.24, 2.45) is 0 Å². The molecule has 3 aromatic rings. The summed E-state index contributed by atoms with van der Waals surface area (Å²) in [6.07, 6.45) is 0.800. The summed E-state index contributed by atoms with van der Waals surface area (Å²) in [6, 6.07) is 10.3. The van der Waals surface area contributed by atoms with Crippen molar-refractivity contribution in [2.75, 3.05) is 0 Å². The van der Waals surface area contributed by atoms with Crippen molar-refractivity contribution in [3.05, 3.63) is 52.8 Å². The summed E-state index contributed by atoms with van der Waals surface area (Å²) in [5.41, 5.74) is 1.38. The molecule has 3 rings (SSSR count). The number of alkyl halides is 3. The van der Waals surface area contributed by atoms with Crippen LogP contribution in [0.5, 0.6) is 5.75 Å². The summed E-state index contributed by atoms with van der Waals surface area (Å²) in [5, 5.41) is 8.16. The molecular weight excluding hydrogens is 347 g/mol. The Kier molecular flexibility index (Phi) is 4.63. The number of rotatable bonds is 4. The van der Waals surface area contributed by atoms with Crippen LogP contribution in [0.2, 0.25) is 0 Å². The van der Waals surface area contributed by atoms with E-state index in [-0.39, 0.29) is 17.9 Å². The zero-order chi connectivity index (χ0) is 18.7. The van der Waals surface area contributed by atoms with E-state index in [1.54, 1.807) is 18.2 Å². The molecule has 0 saturated carbocycles. The molecule has 5 nitrogen and oxygen atoms in total. The molecule has 0 radical (unpaired) electrons. The maximum absolute atomic E-state index is 12.5. The van der Waals surface area contributed by atoms with Gasteiger partial charge in [-0.05, 0) is 35.4 Å². The Morgan fingerprint density at radius 3 is 2.46 bits per heavy atom. The van der Waals surface area contributed by atoms with Gasteiger partial charge in [0, 0.05) is 6.42 Å². The van der Waals surface area contributed by atoms with Crippen molar-refractivity contribution in [1.82, 2.24) is 15.0 Å². The first-order valence-electron chi connectivity index (χ1n) is 7.54. The summed E-state index contributed by atoms with van der Waals surface area (Å²) < 4.78 is 41.7. The minimum Gasteiger partial charge on any atom is -0.406 e. The van der Waals surface area contributed by atoms with Crippen LogP contribution in [0, 0.1) is 12.3 Å². The van der Waals surface area contributed by atoms with E-state index in [9.17, 15) is 18.0 Å². The molecule has 0 saturated heterocycles. The largest absolute Gasteiger partial charge is 0.573 e. The SMILES string of the molecule is C#CCCn1nnc2ccc(-c3ccc(OC(F)(F)F)cc3)cc2c1=O. The van der Waals surface area contributed by atoms with Crippen LogP contribution in [0.1, 0.15) is 6.42 Å². The summed E-state index contributed by atoms with van der Waals surface area (Å²) in [7, 11) is 0. The van der Waals surface area contributed by atoms with Gasteiger partial charge in [0.2, 0.25) is 0 Å². The molecular formula is C18H12F3N3O2. The fourth-order valence-corrected chi connectivity index (χ4v) is 2.42. The van der Waals surface area contributed by atoms with Crippen molar-refractivity contribution in [3.63, 3.8) is 0 Å². The topological polar surface area (TPSA) is 57.0 Å². The number of halogens is 3. The van der Waals surface area contributed by atoms with Gasteiger partial charge >= 0.3 is 6.36 Å². The first-order chi connectivity index (χ1) is 12.4. The zero-order valence-electron chi connectivity index (χ0n) is 13.3. The van der Waals surface area contributed by atoms with Gasteiger partial charge in [-0.15, -0.1) is 30.6 Å². The van der Waals surface area contributed by atoms with Crippen LogP contribution in [0.25, 0.3) is 22.0 Å². The summed E-state index contributed by atoms with van der Waals surface area (Å²) in [4.78, 5) is 12.5. The van der Waals surface area contributed by atoms with Crippen LogP contribution in [-0.2, 0) is 6.54 Å². The minimum absolute atomic E-state index is 0.256. The Hall–Kier alpha value is -3.34. The molecule has 0 bridgehead atoms. The minimum atomic E-state index is -4.74. The van der Waals surface area contributed by atoms with Crippen LogP contribution < -0.4 is 10.3 Å². The van der Waals surface area contributed by atoms with Crippen molar-refractivity contribution in [2.45, 2.75) is 19.3 Å². The highest BCUT2D eigenvalue weighted by molar-refractivity contribution is 5.83. The lowest BCUT2D eigenvalue weighted by Crippen LogP contribution is -2.24. The molecule has 0 amide bonds. The lowest BCUT2D eigenvalue weighted by Gasteiger charge is -2.09. The third-order valence-corrected chi connectivity index (χ3v) is 3.61. The second kappa shape index (κ2) is 6.88. The number of hydrogen-bond donors (Lipinski definition) is 0. The molecule has 1 heterocycles. The molecule has 0 aliphatic carbocycles. The van der Waals surface area contributed by atoms with E-state index in [0.717, 1.165) is 0 Å². The second-order valence-corrected chi connectivity index (χ2v) is 5.38. The van der Waals surface area contributed by atoms with Crippen molar-refractivity contribution < 1.29 is 17.9 Å². The third-order valence-electron chi connectivity index (χ3n) is 3.61. The number of hydrogen-bond acceptors (Lipinski definition) is 4. The van der Waals surface area contributed by atoms with Gasteiger partial charge in [0.1, 0.15) is 11.3 Å². The lowest BCUT2D eigenvalue weighted by atomic mass is 10.0. The van der Waals surface area contributed by atoms with Crippen LogP contribution in [-0.4, -0.2) is 21.4 Å². The van der Waals surface area contributed by atoms with Gasteiger partial charge in [0.25, 0.3) is 5.56 Å². The Labute approximate surface area is 146 Å². The number of aromatic nitrogens is 3. The Bertz CT molecular complexity index is 1030. The number of benzene rings is 2. The van der Waals surface area contributed by atoms with Gasteiger partial charge in [-0.25, -0.2) is 4.68 Å². The maximum atomic E-state index is 12.5. The van der Waals surface area contributed by atoms with Crippen molar-refractivity contribution in [3.8, 4) is 29.2 Å². The monoisotopic (exact) mass is 359 g/mol. The Morgan fingerprint density at radius 2 is 1.81 bits per heavy atom. The van der Waals surface area contributed by atoms with Crippen molar-refractivity contribution in [1.29, 1.82) is 0 Å². The summed E-state index contributed by atoms with van der Waals surface area (Å²) in [5.74, 6) is 2.12. The molecule has 0 fully saturated rings. The first-order valence-corrected chi connectivity index (χ1v) is 7.54. The molecule has 26 heavy (non-hydrogen) atoms. The molecule has 0 atom stereocenters. The maximum Gasteiger partial charge on any atom is 0.573 e. The molecule has 0 aliphatic rings. The van der Waals surface area contributed by atoms with E-state index >= 15 is 0 Å². The molecule has 0 spiro atoms. The van der Waals surface area contributed by atoms with E-state index in [1.807, 2.05) is 0 Å². The highest BCUT2D eigenvalue weighted by Gasteiger charge is 2.30. The molecule has 0 aliphatic heterocycles. The second-order valence-electron chi connectivity index (χ2n) is 5.38. The molecule has 0 unspecified atom stereocenters. The van der Waals surface area contributed by atoms with E-state index in [4.69, 9.17) is 6.42 Å². The number of nitrogens with zero attached hydrogens (tertiary/aromatic N) is 3. The van der Waals surface area contributed by atoms with Crippen LogP contribution in [0.15, 0.2) is 47.3 Å². The van der Waals surface area contributed by atoms with Gasteiger partial charge in [0.05, 0.1) is 11.9 Å². The average Bonchev–Trinajstić information content (AvgIpc) is 2.60. The van der Waals surface area contributed by atoms with E-state index < -0.39 is 6.36 Å². The van der Waals surface area contributed by atoms with E-state index in [0.29, 0.717) is 28.5 Å². The van der Waals surface area contributed by atoms with E-state index in [1.165, 1.54) is 28.9 Å². The number of terminal acetylenes is 1. The van der Waals surface area contributed by atoms with Gasteiger partial charge in [-0.1, -0.05) is 23.4 Å². The molecule has 132 valence electrons. The molecule has 2 aromatic carbocycles. The third kappa shape index (κ3) is 3.83. The average molecular weight is 359 g/mol. The van der Waals surface area contributed by atoms with Crippen LogP contribution >= 0.6 is 0 Å². The first kappa shape index (κ1) is 17.5. The summed E-state index contributed by atoms with van der Waals surface area (Å²) >= 11 is 0. The quantitative estimate of drug-likeness (QED) is 0.670. The standard InChI is InChI=1S/C18H12F3N3O2/c1-2-3-10-24-17(25)15-11-13(6-9-16(15)22-23-24)12-4-7-14(8-5-12)26-18(19,20)21/h1,4-9,11H,3,10H2. The van der Waals surface area contributed by atoms with Crippen molar-refractivity contribution >= 4 is 10.9 Å². The predicted octanol–water partition coefficient (Wildman–Crippen LogP) is 3.38. The van der Waals surface area contributed by atoms with Gasteiger partial charge < -0.3 is 4.74 Å². The Morgan fingerprint density at radius 1 is 1.12 bits per heavy atom. The van der Waals surface area contributed by atoms with Gasteiger partial charge in [-0.2, -0.15) is 0 Å². The Balaban J connectivity index is 1.97. The normalized spacial score (nSPS) is 11.3. The highest BCUT2D eigenvalue weighted by atomic mass is 19.4.